The van der Waals surface area contributed by atoms with Crippen molar-refractivity contribution in [2.24, 2.45) is 10.2 Å². The minimum Gasteiger partial charge on any atom is -0.505 e. The molecule has 0 fully saturated rings. The highest BCUT2D eigenvalue weighted by atomic mass is 16.3. The number of aryl methyl sites for hydroxylation is 1. The number of benzene rings is 4. The van der Waals surface area contributed by atoms with Crippen molar-refractivity contribution in [3.05, 3.63) is 132 Å². The van der Waals surface area contributed by atoms with E-state index >= 15 is 0 Å². The van der Waals surface area contributed by atoms with Gasteiger partial charge in [-0.2, -0.15) is 5.11 Å². The van der Waals surface area contributed by atoms with Crippen LogP contribution < -0.4 is 10.6 Å². The molecule has 0 aliphatic rings. The first-order chi connectivity index (χ1) is 19.4. The Labute approximate surface area is 233 Å². The summed E-state index contributed by atoms with van der Waals surface area (Å²) in [4.78, 5) is 26.3. The topological polar surface area (TPSA) is 103 Å². The molecule has 40 heavy (non-hydrogen) atoms. The van der Waals surface area contributed by atoms with Crippen molar-refractivity contribution in [3.63, 3.8) is 0 Å². The largest absolute Gasteiger partial charge is 0.505 e. The van der Waals surface area contributed by atoms with E-state index < -0.39 is 5.91 Å². The molecule has 200 valence electrons. The molecule has 0 aromatic heterocycles. The van der Waals surface area contributed by atoms with Crippen molar-refractivity contribution in [1.82, 2.24) is 5.32 Å². The van der Waals surface area contributed by atoms with Gasteiger partial charge in [-0.3, -0.25) is 9.59 Å². The number of anilines is 1. The maximum atomic E-state index is 13.2. The lowest BCUT2D eigenvalue weighted by atomic mass is 10.00. The summed E-state index contributed by atoms with van der Waals surface area (Å²) in [6.07, 6.45) is 7.68. The van der Waals surface area contributed by atoms with Gasteiger partial charge in [-0.15, -0.1) is 5.11 Å². The van der Waals surface area contributed by atoms with E-state index in [4.69, 9.17) is 0 Å². The summed E-state index contributed by atoms with van der Waals surface area (Å²) in [7, 11) is 0. The first-order valence-corrected chi connectivity index (χ1v) is 12.8. The summed E-state index contributed by atoms with van der Waals surface area (Å²) < 4.78 is 0. The average molecular weight is 531 g/mol. The Morgan fingerprint density at radius 1 is 0.925 bits per heavy atom. The van der Waals surface area contributed by atoms with E-state index in [1.54, 1.807) is 66.8 Å². The van der Waals surface area contributed by atoms with E-state index in [1.807, 2.05) is 50.3 Å². The third-order valence-electron chi connectivity index (χ3n) is 6.12. The van der Waals surface area contributed by atoms with Gasteiger partial charge in [0, 0.05) is 22.3 Å². The fraction of sp³-hybridized carbons (Fsp3) is 0.0909. The Hall–Kier alpha value is -5.30. The van der Waals surface area contributed by atoms with Gasteiger partial charge in [0.1, 0.15) is 5.69 Å². The molecule has 0 unspecified atom stereocenters. The Kier molecular flexibility index (Phi) is 8.99. The highest BCUT2D eigenvalue weighted by Gasteiger charge is 2.20. The van der Waals surface area contributed by atoms with Crippen molar-refractivity contribution >= 4 is 39.6 Å². The van der Waals surface area contributed by atoms with Crippen molar-refractivity contribution in [2.75, 3.05) is 5.32 Å². The lowest BCUT2D eigenvalue weighted by molar-refractivity contribution is 0.0964. The van der Waals surface area contributed by atoms with Crippen LogP contribution in [0.3, 0.4) is 0 Å². The Morgan fingerprint density at radius 3 is 2.38 bits per heavy atom. The molecule has 0 spiro atoms. The zero-order chi connectivity index (χ0) is 28.5. The molecule has 7 nitrogen and oxygen atoms in total. The number of fused-ring (bicyclic) bond motifs is 1. The van der Waals surface area contributed by atoms with Crippen LogP contribution in [0.15, 0.2) is 126 Å². The summed E-state index contributed by atoms with van der Waals surface area (Å²) >= 11 is 0. The molecule has 0 aliphatic carbocycles. The maximum Gasteiger partial charge on any atom is 0.259 e. The minimum atomic E-state index is -0.516. The number of hydrogen-bond donors (Lipinski definition) is 3. The maximum absolute atomic E-state index is 13.2. The molecule has 0 atom stereocenters. The molecule has 0 heterocycles. The number of phenolic OH excluding ortho intramolecular Hbond substituents is 1. The third kappa shape index (κ3) is 6.76. The van der Waals surface area contributed by atoms with E-state index in [9.17, 15) is 14.7 Å². The number of hydrogen-bond acceptors (Lipinski definition) is 5. The third-order valence-corrected chi connectivity index (χ3v) is 6.12. The predicted octanol–water partition coefficient (Wildman–Crippen LogP) is 8.29. The minimum absolute atomic E-state index is 0.00970. The second-order valence-electron chi connectivity index (χ2n) is 9.03. The molecule has 2 amide bonds. The number of carbonyl (C=O) groups is 2. The van der Waals surface area contributed by atoms with Gasteiger partial charge in [0.25, 0.3) is 11.8 Å². The summed E-state index contributed by atoms with van der Waals surface area (Å²) in [6.45, 7) is 7.56. The van der Waals surface area contributed by atoms with E-state index in [2.05, 4.69) is 27.4 Å². The highest BCUT2D eigenvalue weighted by molar-refractivity contribution is 6.12. The van der Waals surface area contributed by atoms with Gasteiger partial charge in [0.2, 0.25) is 0 Å². The van der Waals surface area contributed by atoms with Crippen LogP contribution in [0.5, 0.6) is 5.75 Å². The number of nitrogens with zero attached hydrogens (tertiary/aromatic N) is 2. The fourth-order valence-corrected chi connectivity index (χ4v) is 3.95. The standard InChI is InChI=1S/C33H30N4O3/c1-4-6-8-11-25(5-2)34-32(39)23-16-19-28-24(20-23)21-29(33(40)35-26-12-9-7-10-13-26)31(38)30(28)37-36-27-17-14-22(3)15-18-27/h4,6-21,38H,1,5H2,2-3H3,(H,34,39)(H,35,40)/b8-6-,25-11+,37-36?. The van der Waals surface area contributed by atoms with Crippen LogP contribution in [0.25, 0.3) is 10.8 Å². The van der Waals surface area contributed by atoms with Gasteiger partial charge in [-0.1, -0.05) is 73.7 Å². The molecule has 3 N–H and O–H groups in total. The average Bonchev–Trinajstić information content (AvgIpc) is 2.97. The van der Waals surface area contributed by atoms with Gasteiger partial charge in [0.05, 0.1) is 11.3 Å². The molecule has 4 aromatic carbocycles. The molecule has 4 aromatic rings. The first-order valence-electron chi connectivity index (χ1n) is 12.8. The van der Waals surface area contributed by atoms with Crippen LogP contribution in [0, 0.1) is 6.92 Å². The lowest BCUT2D eigenvalue weighted by Gasteiger charge is -2.13. The van der Waals surface area contributed by atoms with Crippen molar-refractivity contribution in [1.29, 1.82) is 0 Å². The normalized spacial score (nSPS) is 11.7. The van der Waals surface area contributed by atoms with Crippen LogP contribution in [0.2, 0.25) is 0 Å². The highest BCUT2D eigenvalue weighted by Crippen LogP contribution is 2.40. The molecular formula is C33H30N4O3. The van der Waals surface area contributed by atoms with E-state index in [1.165, 1.54) is 0 Å². The van der Waals surface area contributed by atoms with E-state index in [-0.39, 0.29) is 22.9 Å². The summed E-state index contributed by atoms with van der Waals surface area (Å²) in [5, 5.41) is 26.6. The molecule has 0 aliphatic heterocycles. The molecule has 0 radical (unpaired) electrons. The number of azo groups is 1. The quantitative estimate of drug-likeness (QED) is 0.150. The fourth-order valence-electron chi connectivity index (χ4n) is 3.95. The lowest BCUT2D eigenvalue weighted by Crippen LogP contribution is -2.22. The number of allylic oxidation sites excluding steroid dienone is 5. The van der Waals surface area contributed by atoms with Gasteiger partial charge >= 0.3 is 0 Å². The summed E-state index contributed by atoms with van der Waals surface area (Å²) in [5.41, 5.74) is 3.52. The number of amides is 2. The van der Waals surface area contributed by atoms with E-state index in [0.29, 0.717) is 34.1 Å². The predicted molar refractivity (Wildman–Crippen MR) is 161 cm³/mol. The van der Waals surface area contributed by atoms with Gasteiger partial charge in [-0.05, 0) is 67.3 Å². The Morgan fingerprint density at radius 2 is 1.68 bits per heavy atom. The summed E-state index contributed by atoms with van der Waals surface area (Å²) in [6, 6.07) is 23.0. The number of phenols is 1. The number of carbonyl (C=O) groups excluding carboxylic acids is 2. The number of rotatable bonds is 9. The second-order valence-corrected chi connectivity index (χ2v) is 9.03. The molecular weight excluding hydrogens is 500 g/mol. The molecule has 0 saturated heterocycles. The van der Waals surface area contributed by atoms with Crippen LogP contribution in [-0.2, 0) is 0 Å². The molecule has 0 bridgehead atoms. The summed E-state index contributed by atoms with van der Waals surface area (Å²) in [5.74, 6) is -1.12. The number of para-hydroxylation sites is 1. The molecule has 0 saturated carbocycles. The van der Waals surface area contributed by atoms with E-state index in [0.717, 1.165) is 11.3 Å². The van der Waals surface area contributed by atoms with Crippen LogP contribution in [-0.4, -0.2) is 16.9 Å². The first kappa shape index (κ1) is 27.7. The van der Waals surface area contributed by atoms with Crippen molar-refractivity contribution in [3.8, 4) is 5.75 Å². The van der Waals surface area contributed by atoms with Crippen LogP contribution in [0.1, 0.15) is 39.6 Å². The monoisotopic (exact) mass is 530 g/mol. The van der Waals surface area contributed by atoms with Crippen molar-refractivity contribution in [2.45, 2.75) is 20.3 Å². The molecule has 7 heteroatoms. The van der Waals surface area contributed by atoms with Crippen LogP contribution in [0.4, 0.5) is 17.1 Å². The smallest absolute Gasteiger partial charge is 0.259 e. The van der Waals surface area contributed by atoms with Crippen molar-refractivity contribution < 1.29 is 14.7 Å². The van der Waals surface area contributed by atoms with Gasteiger partial charge in [-0.25, -0.2) is 0 Å². The number of nitrogens with one attached hydrogen (secondary N) is 2. The Balaban J connectivity index is 1.77. The zero-order valence-corrected chi connectivity index (χ0v) is 22.4. The van der Waals surface area contributed by atoms with Gasteiger partial charge < -0.3 is 15.7 Å². The molecule has 4 rings (SSSR count). The van der Waals surface area contributed by atoms with Crippen LogP contribution >= 0.6 is 0 Å². The van der Waals surface area contributed by atoms with Gasteiger partial charge in [0.15, 0.2) is 5.75 Å². The number of aromatic hydroxyl groups is 1. The Bertz CT molecular complexity index is 1640. The second kappa shape index (κ2) is 13.0. The zero-order valence-electron chi connectivity index (χ0n) is 22.4. The SMILES string of the molecule is C=C/C=C\C=C(/CC)NC(=O)c1ccc2c(N=Nc3ccc(C)cc3)c(O)c(C(=O)Nc3ccccc3)cc2c1.